The molecule has 1 saturated heterocycles. The van der Waals surface area contributed by atoms with Gasteiger partial charge in [-0.2, -0.15) is 0 Å². The van der Waals surface area contributed by atoms with Gasteiger partial charge in [-0.15, -0.1) is 0 Å². The predicted molar refractivity (Wildman–Crippen MR) is 75.7 cm³/mol. The Morgan fingerprint density at radius 2 is 1.71 bits per heavy atom. The Bertz CT molecular complexity index is 563. The summed E-state index contributed by atoms with van der Waals surface area (Å²) in [4.78, 5) is 14.4. The zero-order valence-corrected chi connectivity index (χ0v) is 12.4. The Hall–Kier alpha value is -1.49. The number of amides is 1. The molecule has 2 fully saturated rings. The molecule has 114 valence electrons. The number of carbonyl (C=O) groups excluding carboxylic acids is 1. The quantitative estimate of drug-likeness (QED) is 0.863. The second-order valence-corrected chi connectivity index (χ2v) is 6.44. The molecule has 1 aromatic rings. The average Bonchev–Trinajstić information content (AvgIpc) is 2.90. The number of piperazine rings is 1. The lowest BCUT2D eigenvalue weighted by Gasteiger charge is -2.50. The summed E-state index contributed by atoms with van der Waals surface area (Å²) in [6.45, 7) is 2.34. The van der Waals surface area contributed by atoms with Crippen LogP contribution < -0.4 is 5.32 Å². The van der Waals surface area contributed by atoms with E-state index in [4.69, 9.17) is 0 Å². The fourth-order valence-electron chi connectivity index (χ4n) is 3.61. The van der Waals surface area contributed by atoms with Gasteiger partial charge in [-0.25, -0.2) is 8.78 Å². The van der Waals surface area contributed by atoms with Crippen molar-refractivity contribution in [3.63, 3.8) is 0 Å². The van der Waals surface area contributed by atoms with Gasteiger partial charge in [-0.05, 0) is 37.5 Å². The van der Waals surface area contributed by atoms with Crippen molar-refractivity contribution in [2.45, 2.75) is 43.7 Å². The summed E-state index contributed by atoms with van der Waals surface area (Å²) in [6, 6.07) is 3.46. The first kappa shape index (κ1) is 14.4. The third-order valence-electron chi connectivity index (χ3n) is 5.17. The lowest BCUT2D eigenvalue weighted by atomic mass is 9.82. The number of halogens is 2. The maximum atomic E-state index is 13.5. The molecule has 1 aliphatic heterocycles. The molecule has 1 aromatic carbocycles. The van der Waals surface area contributed by atoms with Crippen LogP contribution >= 0.6 is 0 Å². The number of carbonyl (C=O) groups is 1. The van der Waals surface area contributed by atoms with Gasteiger partial charge in [0.15, 0.2) is 0 Å². The molecule has 3 nitrogen and oxygen atoms in total. The molecule has 3 rings (SSSR count). The molecule has 1 spiro atoms. The SMILES string of the molecule is CN1C(=O)C2(CCCC2)NC[C@@]1(C)c1cc(F)cc(F)c1. The van der Waals surface area contributed by atoms with E-state index in [2.05, 4.69) is 5.32 Å². The van der Waals surface area contributed by atoms with Crippen molar-refractivity contribution in [2.75, 3.05) is 13.6 Å². The van der Waals surface area contributed by atoms with Crippen molar-refractivity contribution in [2.24, 2.45) is 0 Å². The monoisotopic (exact) mass is 294 g/mol. The van der Waals surface area contributed by atoms with Crippen LogP contribution in [-0.4, -0.2) is 29.9 Å². The molecule has 1 N–H and O–H groups in total. The van der Waals surface area contributed by atoms with E-state index in [9.17, 15) is 13.6 Å². The van der Waals surface area contributed by atoms with Gasteiger partial charge in [0.2, 0.25) is 5.91 Å². The number of rotatable bonds is 1. The Labute approximate surface area is 123 Å². The van der Waals surface area contributed by atoms with Crippen LogP contribution in [0.2, 0.25) is 0 Å². The van der Waals surface area contributed by atoms with Gasteiger partial charge < -0.3 is 10.2 Å². The summed E-state index contributed by atoms with van der Waals surface area (Å²) in [5.74, 6) is -1.21. The first-order valence-corrected chi connectivity index (χ1v) is 7.37. The van der Waals surface area contributed by atoms with Crippen molar-refractivity contribution in [1.29, 1.82) is 0 Å². The van der Waals surface area contributed by atoms with Crippen LogP contribution in [0.3, 0.4) is 0 Å². The zero-order valence-electron chi connectivity index (χ0n) is 12.4. The Morgan fingerprint density at radius 1 is 1.14 bits per heavy atom. The van der Waals surface area contributed by atoms with E-state index in [0.717, 1.165) is 31.7 Å². The average molecular weight is 294 g/mol. The van der Waals surface area contributed by atoms with Crippen LogP contribution in [0.1, 0.15) is 38.2 Å². The minimum absolute atomic E-state index is 0.0263. The summed E-state index contributed by atoms with van der Waals surface area (Å²) in [5, 5.41) is 3.37. The van der Waals surface area contributed by atoms with Gasteiger partial charge in [0.25, 0.3) is 0 Å². The van der Waals surface area contributed by atoms with Crippen molar-refractivity contribution in [3.05, 3.63) is 35.4 Å². The van der Waals surface area contributed by atoms with E-state index in [1.807, 2.05) is 6.92 Å². The largest absolute Gasteiger partial charge is 0.333 e. The highest BCUT2D eigenvalue weighted by atomic mass is 19.1. The van der Waals surface area contributed by atoms with Gasteiger partial charge in [-0.3, -0.25) is 4.79 Å². The van der Waals surface area contributed by atoms with E-state index in [-0.39, 0.29) is 5.91 Å². The third-order valence-corrected chi connectivity index (χ3v) is 5.17. The van der Waals surface area contributed by atoms with E-state index < -0.39 is 22.7 Å². The molecule has 1 amide bonds. The highest BCUT2D eigenvalue weighted by molar-refractivity contribution is 5.88. The second kappa shape index (κ2) is 4.77. The van der Waals surface area contributed by atoms with Crippen molar-refractivity contribution in [1.82, 2.24) is 10.2 Å². The molecular formula is C16H20F2N2O. The lowest BCUT2D eigenvalue weighted by molar-refractivity contribution is -0.148. The van der Waals surface area contributed by atoms with Crippen LogP contribution in [0.25, 0.3) is 0 Å². The molecule has 0 unspecified atom stereocenters. The fourth-order valence-corrected chi connectivity index (χ4v) is 3.61. The van der Waals surface area contributed by atoms with Gasteiger partial charge in [-0.1, -0.05) is 12.8 Å². The normalized spacial score (nSPS) is 28.4. The molecule has 1 heterocycles. The molecule has 1 saturated carbocycles. The standard InChI is InChI=1S/C16H20F2N2O/c1-15(11-7-12(17)9-13(18)8-11)10-19-16(5-3-4-6-16)14(21)20(15)2/h7-9,19H,3-6,10H2,1-2H3/t15-/m0/s1. The smallest absolute Gasteiger partial charge is 0.243 e. The summed E-state index contributed by atoms with van der Waals surface area (Å²) in [5.41, 5.74) is -0.732. The van der Waals surface area contributed by atoms with Crippen LogP contribution in [0.15, 0.2) is 18.2 Å². The number of hydrogen-bond donors (Lipinski definition) is 1. The number of hydrogen-bond acceptors (Lipinski definition) is 2. The van der Waals surface area contributed by atoms with Crippen molar-refractivity contribution < 1.29 is 13.6 Å². The first-order chi connectivity index (χ1) is 9.87. The molecule has 2 aliphatic rings. The Balaban J connectivity index is 1.97. The Morgan fingerprint density at radius 3 is 2.29 bits per heavy atom. The number of likely N-dealkylation sites (N-methyl/N-ethyl adjacent to an activating group) is 1. The maximum absolute atomic E-state index is 13.5. The van der Waals surface area contributed by atoms with Crippen LogP contribution in [0, 0.1) is 11.6 Å². The van der Waals surface area contributed by atoms with Crippen molar-refractivity contribution >= 4 is 5.91 Å². The minimum atomic E-state index is -0.742. The van der Waals surface area contributed by atoms with Gasteiger partial charge >= 0.3 is 0 Å². The summed E-state index contributed by atoms with van der Waals surface area (Å²) >= 11 is 0. The van der Waals surface area contributed by atoms with E-state index >= 15 is 0 Å². The highest BCUT2D eigenvalue weighted by Crippen LogP contribution is 2.40. The first-order valence-electron chi connectivity index (χ1n) is 7.37. The lowest BCUT2D eigenvalue weighted by Crippen LogP contribution is -2.69. The number of nitrogens with zero attached hydrogens (tertiary/aromatic N) is 1. The van der Waals surface area contributed by atoms with Crippen LogP contribution in [0.4, 0.5) is 8.78 Å². The van der Waals surface area contributed by atoms with E-state index in [1.54, 1.807) is 11.9 Å². The fraction of sp³-hybridized carbons (Fsp3) is 0.562. The highest BCUT2D eigenvalue weighted by Gasteiger charge is 2.51. The topological polar surface area (TPSA) is 32.3 Å². The van der Waals surface area contributed by atoms with Crippen molar-refractivity contribution in [3.8, 4) is 0 Å². The summed E-state index contributed by atoms with van der Waals surface area (Å²) in [7, 11) is 1.73. The molecule has 0 aromatic heterocycles. The van der Waals surface area contributed by atoms with Gasteiger partial charge in [0.1, 0.15) is 11.6 Å². The molecular weight excluding hydrogens is 274 g/mol. The maximum Gasteiger partial charge on any atom is 0.243 e. The second-order valence-electron chi connectivity index (χ2n) is 6.44. The zero-order chi connectivity index (χ0) is 15.3. The molecule has 0 radical (unpaired) electrons. The van der Waals surface area contributed by atoms with E-state index in [1.165, 1.54) is 12.1 Å². The summed E-state index contributed by atoms with van der Waals surface area (Å²) < 4.78 is 27.0. The minimum Gasteiger partial charge on any atom is -0.333 e. The van der Waals surface area contributed by atoms with Gasteiger partial charge in [0, 0.05) is 19.7 Å². The number of benzene rings is 1. The molecule has 1 aliphatic carbocycles. The Kier molecular flexibility index (Phi) is 3.28. The molecule has 0 bridgehead atoms. The van der Waals surface area contributed by atoms with Crippen LogP contribution in [-0.2, 0) is 10.3 Å². The third kappa shape index (κ3) is 2.14. The van der Waals surface area contributed by atoms with Crippen LogP contribution in [0.5, 0.6) is 0 Å². The van der Waals surface area contributed by atoms with E-state index in [0.29, 0.717) is 12.1 Å². The molecule has 5 heteroatoms. The summed E-state index contributed by atoms with van der Waals surface area (Å²) in [6.07, 6.45) is 3.75. The van der Waals surface area contributed by atoms with Gasteiger partial charge in [0.05, 0.1) is 11.1 Å². The molecule has 1 atom stereocenters. The molecule has 21 heavy (non-hydrogen) atoms. The predicted octanol–water partition coefficient (Wildman–Crippen LogP) is 2.55. The number of nitrogens with one attached hydrogen (secondary N) is 1.